The van der Waals surface area contributed by atoms with Gasteiger partial charge in [0.1, 0.15) is 11.5 Å². The monoisotopic (exact) mass is 384 g/mol. The molecule has 20 heavy (non-hydrogen) atoms. The largest absolute Gasteiger partial charge is 0.340 e. The van der Waals surface area contributed by atoms with E-state index in [9.17, 15) is 9.18 Å². The third-order valence-electron chi connectivity index (χ3n) is 3.66. The zero-order chi connectivity index (χ0) is 14.1. The molecule has 1 aromatic heterocycles. The minimum absolute atomic E-state index is 0.147. The minimum Gasteiger partial charge on any atom is -0.340 e. The summed E-state index contributed by atoms with van der Waals surface area (Å²) >= 11 is 2.02. The Hall–Kier alpha value is -1.37. The van der Waals surface area contributed by atoms with Gasteiger partial charge in [-0.2, -0.15) is 0 Å². The second kappa shape index (κ2) is 5.55. The first-order valence-corrected chi connectivity index (χ1v) is 7.66. The van der Waals surface area contributed by atoms with Crippen molar-refractivity contribution in [3.63, 3.8) is 0 Å². The highest BCUT2D eigenvalue weighted by atomic mass is 127. The molecule has 1 aliphatic carbocycles. The molecule has 3 rings (SSSR count). The van der Waals surface area contributed by atoms with Gasteiger partial charge < -0.3 is 9.88 Å². The molecule has 1 heterocycles. The van der Waals surface area contributed by atoms with E-state index in [0.717, 1.165) is 12.8 Å². The summed E-state index contributed by atoms with van der Waals surface area (Å²) in [6, 6.07) is 8.50. The quantitative estimate of drug-likeness (QED) is 0.791. The number of nitrogens with zero attached hydrogens (tertiary/aromatic N) is 1. The number of nitrogens with one attached hydrogen (secondary N) is 1. The zero-order valence-electron chi connectivity index (χ0n) is 10.8. The predicted molar refractivity (Wildman–Crippen MR) is 84.4 cm³/mol. The van der Waals surface area contributed by atoms with Gasteiger partial charge in [-0.05, 0) is 72.2 Å². The highest BCUT2D eigenvalue weighted by Crippen LogP contribution is 2.33. The van der Waals surface area contributed by atoms with Crippen LogP contribution in [0.15, 0.2) is 36.5 Å². The molecule has 0 radical (unpaired) electrons. The molecular weight excluding hydrogens is 370 g/mol. The fourth-order valence-electron chi connectivity index (χ4n) is 2.35. The van der Waals surface area contributed by atoms with Crippen LogP contribution in [0.25, 0.3) is 0 Å². The Kier molecular flexibility index (Phi) is 3.78. The molecule has 1 amide bonds. The van der Waals surface area contributed by atoms with Crippen LogP contribution in [-0.4, -0.2) is 10.5 Å². The second-order valence-corrected chi connectivity index (χ2v) is 6.13. The van der Waals surface area contributed by atoms with E-state index in [0.29, 0.717) is 21.0 Å². The van der Waals surface area contributed by atoms with Crippen LogP contribution in [0, 0.1) is 9.39 Å². The highest BCUT2D eigenvalue weighted by molar-refractivity contribution is 14.1. The number of anilines is 1. The van der Waals surface area contributed by atoms with E-state index in [1.807, 2.05) is 45.5 Å². The van der Waals surface area contributed by atoms with Gasteiger partial charge in [0.05, 0.1) is 5.69 Å². The van der Waals surface area contributed by atoms with Crippen LogP contribution in [0.4, 0.5) is 10.1 Å². The van der Waals surface area contributed by atoms with Crippen molar-refractivity contribution >= 4 is 34.2 Å². The van der Waals surface area contributed by atoms with Crippen molar-refractivity contribution in [3.05, 3.63) is 51.6 Å². The van der Waals surface area contributed by atoms with Crippen molar-refractivity contribution in [2.75, 3.05) is 5.32 Å². The van der Waals surface area contributed by atoms with E-state index < -0.39 is 0 Å². The van der Waals surface area contributed by atoms with Crippen LogP contribution in [0.3, 0.4) is 0 Å². The Balaban J connectivity index is 1.81. The molecule has 5 heteroatoms. The summed E-state index contributed by atoms with van der Waals surface area (Å²) < 4.78 is 15.8. The first-order chi connectivity index (χ1) is 9.65. The predicted octanol–water partition coefficient (Wildman–Crippen LogP) is 4.21. The topological polar surface area (TPSA) is 34.0 Å². The van der Waals surface area contributed by atoms with E-state index in [1.165, 1.54) is 18.6 Å². The lowest BCUT2D eigenvalue weighted by molar-refractivity contribution is 0.101. The molecule has 0 unspecified atom stereocenters. The van der Waals surface area contributed by atoms with Gasteiger partial charge in [-0.25, -0.2) is 4.39 Å². The molecule has 1 fully saturated rings. The average molecular weight is 384 g/mol. The maximum atomic E-state index is 13.1. The molecule has 3 nitrogen and oxygen atoms in total. The molecular formula is C15H14FIN2O. The number of hydrogen-bond donors (Lipinski definition) is 1. The molecule has 1 aromatic carbocycles. The van der Waals surface area contributed by atoms with Crippen LogP contribution in [0.2, 0.25) is 0 Å². The van der Waals surface area contributed by atoms with E-state index in [1.54, 1.807) is 6.07 Å². The number of carbonyl (C=O) groups is 1. The summed E-state index contributed by atoms with van der Waals surface area (Å²) in [4.78, 5) is 12.3. The van der Waals surface area contributed by atoms with Crippen molar-refractivity contribution < 1.29 is 9.18 Å². The SMILES string of the molecule is O=C(Nc1ccc(F)cc1I)c1cccn1C1CCC1. The second-order valence-electron chi connectivity index (χ2n) is 4.96. The molecule has 0 spiro atoms. The normalized spacial score (nSPS) is 14.9. The molecule has 0 atom stereocenters. The maximum absolute atomic E-state index is 13.1. The van der Waals surface area contributed by atoms with Crippen LogP contribution in [-0.2, 0) is 0 Å². The standard InChI is InChI=1S/C15H14FIN2O/c16-10-6-7-13(12(17)9-10)18-15(20)14-5-2-8-19(14)11-3-1-4-11/h2,5-9,11H,1,3-4H2,(H,18,20). The average Bonchev–Trinajstić information content (AvgIpc) is 2.79. The minimum atomic E-state index is -0.301. The highest BCUT2D eigenvalue weighted by Gasteiger charge is 2.23. The van der Waals surface area contributed by atoms with Gasteiger partial charge in [0.25, 0.3) is 5.91 Å². The Bertz CT molecular complexity index is 649. The summed E-state index contributed by atoms with van der Waals surface area (Å²) in [5.41, 5.74) is 1.30. The van der Waals surface area contributed by atoms with Gasteiger partial charge >= 0.3 is 0 Å². The summed E-state index contributed by atoms with van der Waals surface area (Å²) in [6.07, 6.45) is 5.43. The molecule has 104 valence electrons. The van der Waals surface area contributed by atoms with Crippen molar-refractivity contribution in [1.29, 1.82) is 0 Å². The molecule has 2 aromatic rings. The Morgan fingerprint density at radius 2 is 2.15 bits per heavy atom. The van der Waals surface area contributed by atoms with Gasteiger partial charge in [-0.3, -0.25) is 4.79 Å². The number of aromatic nitrogens is 1. The summed E-state index contributed by atoms with van der Waals surface area (Å²) in [5, 5.41) is 2.85. The fourth-order valence-corrected chi connectivity index (χ4v) is 2.96. The lowest BCUT2D eigenvalue weighted by Gasteiger charge is -2.28. The number of benzene rings is 1. The summed E-state index contributed by atoms with van der Waals surface area (Å²) in [6.45, 7) is 0. The Labute approximate surface area is 130 Å². The molecule has 1 saturated carbocycles. The third kappa shape index (κ3) is 2.59. The van der Waals surface area contributed by atoms with Gasteiger partial charge in [-0.1, -0.05) is 0 Å². The van der Waals surface area contributed by atoms with Crippen molar-refractivity contribution in [3.8, 4) is 0 Å². The van der Waals surface area contributed by atoms with E-state index >= 15 is 0 Å². The van der Waals surface area contributed by atoms with Crippen LogP contribution in [0.5, 0.6) is 0 Å². The summed E-state index contributed by atoms with van der Waals surface area (Å²) in [7, 11) is 0. The first-order valence-electron chi connectivity index (χ1n) is 6.58. The van der Waals surface area contributed by atoms with Gasteiger partial charge in [0.2, 0.25) is 0 Å². The Morgan fingerprint density at radius 1 is 1.35 bits per heavy atom. The summed E-state index contributed by atoms with van der Waals surface area (Å²) in [5.74, 6) is -0.448. The molecule has 0 saturated heterocycles. The lowest BCUT2D eigenvalue weighted by Crippen LogP contribution is -2.23. The molecule has 1 aliphatic rings. The third-order valence-corrected chi connectivity index (χ3v) is 4.55. The van der Waals surface area contributed by atoms with Crippen molar-refractivity contribution in [2.24, 2.45) is 0 Å². The lowest BCUT2D eigenvalue weighted by atomic mass is 9.93. The first kappa shape index (κ1) is 13.6. The fraction of sp³-hybridized carbons (Fsp3) is 0.267. The Morgan fingerprint density at radius 3 is 2.80 bits per heavy atom. The van der Waals surface area contributed by atoms with Crippen LogP contribution < -0.4 is 5.32 Å². The number of halogens is 2. The molecule has 0 bridgehead atoms. The maximum Gasteiger partial charge on any atom is 0.272 e. The van der Waals surface area contributed by atoms with Gasteiger partial charge in [-0.15, -0.1) is 0 Å². The number of amides is 1. The van der Waals surface area contributed by atoms with Gasteiger partial charge in [0, 0.05) is 15.8 Å². The van der Waals surface area contributed by atoms with Crippen LogP contribution >= 0.6 is 22.6 Å². The molecule has 1 N–H and O–H groups in total. The smallest absolute Gasteiger partial charge is 0.272 e. The van der Waals surface area contributed by atoms with Crippen molar-refractivity contribution in [1.82, 2.24) is 4.57 Å². The molecule has 0 aliphatic heterocycles. The van der Waals surface area contributed by atoms with Crippen LogP contribution in [0.1, 0.15) is 35.8 Å². The number of carbonyl (C=O) groups excluding carboxylic acids is 1. The van der Waals surface area contributed by atoms with E-state index in [4.69, 9.17) is 0 Å². The zero-order valence-corrected chi connectivity index (χ0v) is 12.9. The number of rotatable bonds is 3. The number of hydrogen-bond acceptors (Lipinski definition) is 1. The van der Waals surface area contributed by atoms with E-state index in [-0.39, 0.29) is 11.7 Å². The van der Waals surface area contributed by atoms with E-state index in [2.05, 4.69) is 5.32 Å². The van der Waals surface area contributed by atoms with Crippen molar-refractivity contribution in [2.45, 2.75) is 25.3 Å². The van der Waals surface area contributed by atoms with Gasteiger partial charge in [0.15, 0.2) is 0 Å².